The van der Waals surface area contributed by atoms with Crippen molar-refractivity contribution in [1.82, 2.24) is 5.32 Å². The third kappa shape index (κ3) is 4.77. The van der Waals surface area contributed by atoms with Crippen LogP contribution in [0.3, 0.4) is 0 Å². The fourth-order valence-electron chi connectivity index (χ4n) is 3.43. The Balaban J connectivity index is 1.62. The van der Waals surface area contributed by atoms with Gasteiger partial charge < -0.3 is 4.74 Å². The first kappa shape index (κ1) is 22.6. The molecule has 0 unspecified atom stereocenters. The average molecular weight is 481 g/mol. The highest BCUT2D eigenvalue weighted by molar-refractivity contribution is 6.39. The second kappa shape index (κ2) is 9.48. The zero-order chi connectivity index (χ0) is 23.5. The SMILES string of the molecule is COc1ccc(N2C(=O)NC(=O)/C(=C\c3ccc(Cc4ccccc4Cl)c(Cl)c3)C2=O)cc1. The van der Waals surface area contributed by atoms with Gasteiger partial charge in [-0.25, -0.2) is 9.69 Å². The summed E-state index contributed by atoms with van der Waals surface area (Å²) in [6.45, 7) is 0. The first-order valence-electron chi connectivity index (χ1n) is 9.94. The number of urea groups is 1. The van der Waals surface area contributed by atoms with Gasteiger partial charge in [0.25, 0.3) is 11.8 Å². The fourth-order valence-corrected chi connectivity index (χ4v) is 3.89. The summed E-state index contributed by atoms with van der Waals surface area (Å²) in [5.41, 5.74) is 2.46. The standard InChI is InChI=1S/C25H18Cl2N2O4/c1-33-19-10-8-18(9-11-19)29-24(31)20(23(30)28-25(29)32)12-15-6-7-17(22(27)13-15)14-16-4-2-3-5-21(16)26/h2-13H,14H2,1H3,(H,28,30,32)/b20-12+. The van der Waals surface area contributed by atoms with Crippen molar-refractivity contribution in [2.24, 2.45) is 0 Å². The average Bonchev–Trinajstić information content (AvgIpc) is 2.80. The van der Waals surface area contributed by atoms with Gasteiger partial charge in [-0.3, -0.25) is 14.9 Å². The summed E-state index contributed by atoms with van der Waals surface area (Å²) in [4.78, 5) is 38.7. The van der Waals surface area contributed by atoms with Gasteiger partial charge in [0, 0.05) is 16.5 Å². The molecule has 6 nitrogen and oxygen atoms in total. The molecule has 1 aliphatic rings. The minimum atomic E-state index is -0.819. The van der Waals surface area contributed by atoms with Crippen LogP contribution in [0.4, 0.5) is 10.5 Å². The molecule has 1 N–H and O–H groups in total. The number of anilines is 1. The number of halogens is 2. The van der Waals surface area contributed by atoms with Crippen molar-refractivity contribution >= 4 is 52.8 Å². The minimum Gasteiger partial charge on any atom is -0.497 e. The molecule has 166 valence electrons. The van der Waals surface area contributed by atoms with Crippen LogP contribution in [0.15, 0.2) is 72.3 Å². The van der Waals surface area contributed by atoms with Gasteiger partial charge in [-0.15, -0.1) is 0 Å². The summed E-state index contributed by atoms with van der Waals surface area (Å²) >= 11 is 12.7. The Labute approximate surface area is 200 Å². The number of carbonyl (C=O) groups is 3. The molecular formula is C25H18Cl2N2O4. The number of imide groups is 2. The molecule has 4 rings (SSSR count). The van der Waals surface area contributed by atoms with Crippen LogP contribution >= 0.6 is 23.2 Å². The van der Waals surface area contributed by atoms with Crippen molar-refractivity contribution in [3.8, 4) is 5.75 Å². The van der Waals surface area contributed by atoms with E-state index >= 15 is 0 Å². The number of amides is 4. The van der Waals surface area contributed by atoms with E-state index in [-0.39, 0.29) is 5.57 Å². The Morgan fingerprint density at radius 2 is 1.61 bits per heavy atom. The molecule has 0 aliphatic carbocycles. The number of hydrogen-bond acceptors (Lipinski definition) is 4. The minimum absolute atomic E-state index is 0.180. The number of hydrogen-bond donors (Lipinski definition) is 1. The highest BCUT2D eigenvalue weighted by Gasteiger charge is 2.36. The fraction of sp³-hybridized carbons (Fsp3) is 0.0800. The van der Waals surface area contributed by atoms with Crippen molar-refractivity contribution in [2.45, 2.75) is 6.42 Å². The molecule has 4 amide bonds. The molecule has 8 heteroatoms. The molecule has 3 aromatic rings. The number of carbonyl (C=O) groups excluding carboxylic acids is 3. The maximum atomic E-state index is 13.0. The molecule has 0 spiro atoms. The van der Waals surface area contributed by atoms with Gasteiger partial charge in [-0.2, -0.15) is 0 Å². The lowest BCUT2D eigenvalue weighted by molar-refractivity contribution is -0.122. The predicted octanol–water partition coefficient (Wildman–Crippen LogP) is 5.26. The Bertz CT molecular complexity index is 1290. The summed E-state index contributed by atoms with van der Waals surface area (Å²) in [6, 6.07) is 18.3. The Kier molecular flexibility index (Phi) is 6.49. The van der Waals surface area contributed by atoms with Crippen LogP contribution in [0, 0.1) is 0 Å². The zero-order valence-electron chi connectivity index (χ0n) is 17.5. The molecule has 1 heterocycles. The van der Waals surface area contributed by atoms with E-state index in [0.717, 1.165) is 16.0 Å². The van der Waals surface area contributed by atoms with Crippen LogP contribution in [0.5, 0.6) is 5.75 Å². The third-order valence-corrected chi connectivity index (χ3v) is 5.88. The number of ether oxygens (including phenoxy) is 1. The highest BCUT2D eigenvalue weighted by Crippen LogP contribution is 2.27. The largest absolute Gasteiger partial charge is 0.497 e. The van der Waals surface area contributed by atoms with E-state index in [1.165, 1.54) is 13.2 Å². The van der Waals surface area contributed by atoms with Gasteiger partial charge in [-0.05, 0) is 59.2 Å². The molecule has 0 aromatic heterocycles. The molecule has 0 radical (unpaired) electrons. The number of nitrogens with zero attached hydrogens (tertiary/aromatic N) is 1. The van der Waals surface area contributed by atoms with E-state index in [9.17, 15) is 14.4 Å². The summed E-state index contributed by atoms with van der Waals surface area (Å²) in [6.07, 6.45) is 1.94. The molecule has 0 atom stereocenters. The van der Waals surface area contributed by atoms with Crippen LogP contribution in [-0.2, 0) is 16.0 Å². The van der Waals surface area contributed by atoms with Gasteiger partial charge in [-0.1, -0.05) is 53.5 Å². The molecule has 0 saturated carbocycles. The van der Waals surface area contributed by atoms with E-state index in [1.54, 1.807) is 36.4 Å². The van der Waals surface area contributed by atoms with Crippen LogP contribution < -0.4 is 15.0 Å². The van der Waals surface area contributed by atoms with Crippen molar-refractivity contribution < 1.29 is 19.1 Å². The summed E-state index contributed by atoms with van der Waals surface area (Å²) < 4.78 is 5.10. The van der Waals surface area contributed by atoms with E-state index in [1.807, 2.05) is 30.3 Å². The Morgan fingerprint density at radius 1 is 0.909 bits per heavy atom. The van der Waals surface area contributed by atoms with Crippen LogP contribution in [0.25, 0.3) is 6.08 Å². The van der Waals surface area contributed by atoms with Crippen molar-refractivity contribution in [2.75, 3.05) is 12.0 Å². The van der Waals surface area contributed by atoms with Crippen LogP contribution in [0.2, 0.25) is 10.0 Å². The number of methoxy groups -OCH3 is 1. The van der Waals surface area contributed by atoms with E-state index in [0.29, 0.717) is 33.5 Å². The van der Waals surface area contributed by atoms with Gasteiger partial charge in [0.05, 0.1) is 12.8 Å². The molecular weight excluding hydrogens is 463 g/mol. The van der Waals surface area contributed by atoms with E-state index < -0.39 is 17.8 Å². The predicted molar refractivity (Wildman–Crippen MR) is 128 cm³/mol. The van der Waals surface area contributed by atoms with Crippen molar-refractivity contribution in [3.05, 3.63) is 99.0 Å². The molecule has 33 heavy (non-hydrogen) atoms. The normalized spacial score (nSPS) is 15.1. The zero-order valence-corrected chi connectivity index (χ0v) is 19.0. The summed E-state index contributed by atoms with van der Waals surface area (Å²) in [5, 5.41) is 3.32. The summed E-state index contributed by atoms with van der Waals surface area (Å²) in [7, 11) is 1.51. The number of benzene rings is 3. The van der Waals surface area contributed by atoms with E-state index in [2.05, 4.69) is 5.32 Å². The maximum absolute atomic E-state index is 13.0. The molecule has 0 bridgehead atoms. The van der Waals surface area contributed by atoms with Crippen molar-refractivity contribution in [1.29, 1.82) is 0 Å². The van der Waals surface area contributed by atoms with Gasteiger partial charge >= 0.3 is 6.03 Å². The highest BCUT2D eigenvalue weighted by atomic mass is 35.5. The second-order valence-electron chi connectivity index (χ2n) is 7.27. The monoisotopic (exact) mass is 480 g/mol. The van der Waals surface area contributed by atoms with Crippen LogP contribution in [-0.4, -0.2) is 25.0 Å². The maximum Gasteiger partial charge on any atom is 0.335 e. The second-order valence-corrected chi connectivity index (χ2v) is 8.09. The molecule has 1 saturated heterocycles. The third-order valence-electron chi connectivity index (χ3n) is 5.16. The van der Waals surface area contributed by atoms with Gasteiger partial charge in [0.1, 0.15) is 11.3 Å². The Hall–Kier alpha value is -3.61. The lowest BCUT2D eigenvalue weighted by Gasteiger charge is -2.26. The Morgan fingerprint density at radius 3 is 2.27 bits per heavy atom. The van der Waals surface area contributed by atoms with E-state index in [4.69, 9.17) is 27.9 Å². The van der Waals surface area contributed by atoms with Crippen molar-refractivity contribution in [3.63, 3.8) is 0 Å². The van der Waals surface area contributed by atoms with Crippen LogP contribution in [0.1, 0.15) is 16.7 Å². The molecule has 1 fully saturated rings. The first-order chi connectivity index (χ1) is 15.9. The number of rotatable bonds is 5. The number of barbiturate groups is 1. The van der Waals surface area contributed by atoms with Gasteiger partial charge in [0.2, 0.25) is 0 Å². The topological polar surface area (TPSA) is 75.7 Å². The first-order valence-corrected chi connectivity index (χ1v) is 10.7. The number of nitrogens with one attached hydrogen (secondary N) is 1. The lowest BCUT2D eigenvalue weighted by Crippen LogP contribution is -2.54. The quantitative estimate of drug-likeness (QED) is 0.399. The smallest absolute Gasteiger partial charge is 0.335 e. The lowest BCUT2D eigenvalue weighted by atomic mass is 10.0. The van der Waals surface area contributed by atoms with Gasteiger partial charge in [0.15, 0.2) is 0 Å². The summed E-state index contributed by atoms with van der Waals surface area (Å²) in [5.74, 6) is -0.932. The molecule has 1 aliphatic heterocycles. The molecule has 3 aromatic carbocycles.